The quantitative estimate of drug-likeness (QED) is 0.527. The molecule has 1 rings (SSSR count). The molecule has 16 heavy (non-hydrogen) atoms. The Morgan fingerprint density at radius 3 is 2.56 bits per heavy atom. The minimum Gasteiger partial charge on any atom is -0.466 e. The van der Waals surface area contributed by atoms with Crippen molar-refractivity contribution in [3.8, 4) is 0 Å². The summed E-state index contributed by atoms with van der Waals surface area (Å²) in [6, 6.07) is 0. The van der Waals surface area contributed by atoms with Crippen molar-refractivity contribution < 1.29 is 9.53 Å². The molecular weight excluding hydrogens is 200 g/mol. The van der Waals surface area contributed by atoms with Crippen LogP contribution in [0.15, 0.2) is 24.3 Å². The van der Waals surface area contributed by atoms with Crippen molar-refractivity contribution in [3.63, 3.8) is 0 Å². The van der Waals surface area contributed by atoms with Gasteiger partial charge in [-0.3, -0.25) is 4.79 Å². The number of carbonyl (C=O) groups is 1. The van der Waals surface area contributed by atoms with E-state index in [1.165, 1.54) is 0 Å². The molecule has 90 valence electrons. The highest BCUT2D eigenvalue weighted by molar-refractivity contribution is 5.78. The Morgan fingerprint density at radius 2 is 2.00 bits per heavy atom. The maximum atomic E-state index is 11.6. The SMILES string of the molecule is CCC=CC=CC1C(C(=O)OCC)C1(C)C. The summed E-state index contributed by atoms with van der Waals surface area (Å²) in [6.07, 6.45) is 9.34. The molecule has 0 aromatic carbocycles. The molecule has 0 N–H and O–H groups in total. The largest absolute Gasteiger partial charge is 0.466 e. The second-order valence-electron chi connectivity index (χ2n) is 4.80. The van der Waals surface area contributed by atoms with E-state index >= 15 is 0 Å². The van der Waals surface area contributed by atoms with Crippen LogP contribution in [0.4, 0.5) is 0 Å². The van der Waals surface area contributed by atoms with Crippen LogP contribution in [0.3, 0.4) is 0 Å². The summed E-state index contributed by atoms with van der Waals surface area (Å²) in [5.74, 6) is 0.313. The number of allylic oxidation sites excluding steroid dienone is 4. The Bertz CT molecular complexity index is 300. The predicted octanol–water partition coefficient (Wildman–Crippen LogP) is 3.34. The zero-order valence-corrected chi connectivity index (χ0v) is 10.7. The van der Waals surface area contributed by atoms with Crippen molar-refractivity contribution in [1.82, 2.24) is 0 Å². The van der Waals surface area contributed by atoms with Crippen LogP contribution in [0.5, 0.6) is 0 Å². The Hall–Kier alpha value is -1.05. The molecule has 0 aromatic heterocycles. The molecule has 2 unspecified atom stereocenters. The van der Waals surface area contributed by atoms with E-state index in [1.807, 2.05) is 19.1 Å². The summed E-state index contributed by atoms with van der Waals surface area (Å²) >= 11 is 0. The van der Waals surface area contributed by atoms with E-state index in [9.17, 15) is 4.79 Å². The van der Waals surface area contributed by atoms with Crippen LogP contribution in [-0.2, 0) is 9.53 Å². The third-order valence-electron chi connectivity index (χ3n) is 3.25. The van der Waals surface area contributed by atoms with Crippen LogP contribution in [-0.4, -0.2) is 12.6 Å². The normalized spacial score (nSPS) is 27.5. The molecule has 0 saturated heterocycles. The summed E-state index contributed by atoms with van der Waals surface area (Å²) in [5, 5.41) is 0. The average molecular weight is 222 g/mol. The van der Waals surface area contributed by atoms with E-state index in [0.29, 0.717) is 12.5 Å². The molecule has 1 aliphatic carbocycles. The summed E-state index contributed by atoms with van der Waals surface area (Å²) in [5.41, 5.74) is 0.0583. The van der Waals surface area contributed by atoms with E-state index in [1.54, 1.807) is 0 Å². The van der Waals surface area contributed by atoms with Crippen molar-refractivity contribution in [2.24, 2.45) is 17.3 Å². The van der Waals surface area contributed by atoms with Gasteiger partial charge in [-0.2, -0.15) is 0 Å². The van der Waals surface area contributed by atoms with Gasteiger partial charge in [-0.25, -0.2) is 0 Å². The van der Waals surface area contributed by atoms with Crippen LogP contribution in [0.1, 0.15) is 34.1 Å². The first-order chi connectivity index (χ1) is 7.55. The maximum absolute atomic E-state index is 11.6. The molecule has 0 spiro atoms. The Morgan fingerprint density at radius 1 is 1.31 bits per heavy atom. The maximum Gasteiger partial charge on any atom is 0.310 e. The number of ether oxygens (including phenoxy) is 1. The van der Waals surface area contributed by atoms with Gasteiger partial charge < -0.3 is 4.74 Å². The highest BCUT2D eigenvalue weighted by Gasteiger charge is 2.61. The lowest BCUT2D eigenvalue weighted by Gasteiger charge is -2.01. The van der Waals surface area contributed by atoms with Gasteiger partial charge in [0.25, 0.3) is 0 Å². The van der Waals surface area contributed by atoms with Crippen LogP contribution < -0.4 is 0 Å². The van der Waals surface area contributed by atoms with Gasteiger partial charge in [0.1, 0.15) is 0 Å². The molecule has 2 atom stereocenters. The molecule has 1 fully saturated rings. The van der Waals surface area contributed by atoms with Crippen molar-refractivity contribution >= 4 is 5.97 Å². The fourth-order valence-corrected chi connectivity index (χ4v) is 2.12. The van der Waals surface area contributed by atoms with Crippen LogP contribution in [0.25, 0.3) is 0 Å². The van der Waals surface area contributed by atoms with E-state index in [0.717, 1.165) is 6.42 Å². The highest BCUT2D eigenvalue weighted by atomic mass is 16.5. The van der Waals surface area contributed by atoms with Crippen LogP contribution in [0, 0.1) is 17.3 Å². The Balaban J connectivity index is 2.53. The van der Waals surface area contributed by atoms with Crippen molar-refractivity contribution in [1.29, 1.82) is 0 Å². The smallest absolute Gasteiger partial charge is 0.310 e. The van der Waals surface area contributed by atoms with Crippen LogP contribution >= 0.6 is 0 Å². The number of esters is 1. The molecule has 0 heterocycles. The monoisotopic (exact) mass is 222 g/mol. The summed E-state index contributed by atoms with van der Waals surface area (Å²) < 4.78 is 5.07. The molecule has 0 amide bonds. The molecule has 1 aliphatic rings. The van der Waals surface area contributed by atoms with Crippen molar-refractivity contribution in [2.45, 2.75) is 34.1 Å². The minimum atomic E-state index is -0.0541. The zero-order valence-electron chi connectivity index (χ0n) is 10.7. The van der Waals surface area contributed by atoms with Gasteiger partial charge >= 0.3 is 5.97 Å². The first-order valence-electron chi connectivity index (χ1n) is 6.05. The summed E-state index contributed by atoms with van der Waals surface area (Å²) in [7, 11) is 0. The van der Waals surface area contributed by atoms with E-state index < -0.39 is 0 Å². The standard InChI is InChI=1S/C14H22O2/c1-5-7-8-9-10-11-12(14(11,3)4)13(15)16-6-2/h7-12H,5-6H2,1-4H3. The van der Waals surface area contributed by atoms with Gasteiger partial charge in [0.05, 0.1) is 12.5 Å². The van der Waals surface area contributed by atoms with Crippen molar-refractivity contribution in [3.05, 3.63) is 24.3 Å². The molecule has 2 nitrogen and oxygen atoms in total. The number of rotatable bonds is 5. The fourth-order valence-electron chi connectivity index (χ4n) is 2.12. The van der Waals surface area contributed by atoms with Gasteiger partial charge in [-0.05, 0) is 24.7 Å². The second kappa shape index (κ2) is 5.33. The molecule has 2 heteroatoms. The third-order valence-corrected chi connectivity index (χ3v) is 3.25. The van der Waals surface area contributed by atoms with Gasteiger partial charge in [-0.1, -0.05) is 45.1 Å². The topological polar surface area (TPSA) is 26.3 Å². The summed E-state index contributed by atoms with van der Waals surface area (Å²) in [4.78, 5) is 11.6. The Labute approximate surface area is 98.4 Å². The van der Waals surface area contributed by atoms with Crippen LogP contribution in [0.2, 0.25) is 0 Å². The minimum absolute atomic E-state index is 0.0405. The fraction of sp³-hybridized carbons (Fsp3) is 0.643. The molecule has 0 radical (unpaired) electrons. The number of carbonyl (C=O) groups excluding carboxylic acids is 1. The van der Waals surface area contributed by atoms with E-state index in [2.05, 4.69) is 32.9 Å². The molecular formula is C14H22O2. The number of hydrogen-bond donors (Lipinski definition) is 0. The first-order valence-corrected chi connectivity index (χ1v) is 6.05. The molecule has 0 aliphatic heterocycles. The van der Waals surface area contributed by atoms with Gasteiger partial charge in [0, 0.05) is 0 Å². The highest BCUT2D eigenvalue weighted by Crippen LogP contribution is 2.59. The third kappa shape index (κ3) is 2.75. The van der Waals surface area contributed by atoms with E-state index in [-0.39, 0.29) is 17.3 Å². The van der Waals surface area contributed by atoms with Gasteiger partial charge in [-0.15, -0.1) is 0 Å². The Kier molecular flexibility index (Phi) is 4.34. The lowest BCUT2D eigenvalue weighted by Crippen LogP contribution is -2.10. The second-order valence-corrected chi connectivity index (χ2v) is 4.80. The van der Waals surface area contributed by atoms with Gasteiger partial charge in [0.2, 0.25) is 0 Å². The molecule has 0 aromatic rings. The summed E-state index contributed by atoms with van der Waals surface area (Å²) in [6.45, 7) is 8.66. The molecule has 0 bridgehead atoms. The lowest BCUT2D eigenvalue weighted by molar-refractivity contribution is -0.145. The van der Waals surface area contributed by atoms with Crippen molar-refractivity contribution in [2.75, 3.05) is 6.61 Å². The van der Waals surface area contributed by atoms with Gasteiger partial charge in [0.15, 0.2) is 0 Å². The van der Waals surface area contributed by atoms with E-state index in [4.69, 9.17) is 4.74 Å². The average Bonchev–Trinajstić information content (AvgIpc) is 2.76. The molecule has 1 saturated carbocycles. The zero-order chi connectivity index (χ0) is 12.2. The predicted molar refractivity (Wildman–Crippen MR) is 66.0 cm³/mol. The lowest BCUT2D eigenvalue weighted by atomic mass is 10.1. The first kappa shape index (κ1) is 13.0. The number of hydrogen-bond acceptors (Lipinski definition) is 2.